The van der Waals surface area contributed by atoms with E-state index in [2.05, 4.69) is 4.98 Å². The Morgan fingerprint density at radius 2 is 1.94 bits per heavy atom. The molecule has 7 heteroatoms. The number of hydrogen-bond donors (Lipinski definition) is 0. The Kier molecular flexibility index (Phi) is 5.41. The monoisotopic (exact) mass is 447 g/mol. The van der Waals surface area contributed by atoms with Crippen LogP contribution in [0, 0.1) is 0 Å². The molecule has 0 aliphatic heterocycles. The number of carbonyl (C=O) groups excluding carboxylic acids is 1. The van der Waals surface area contributed by atoms with Crippen molar-refractivity contribution in [3.05, 3.63) is 82.3 Å². The van der Waals surface area contributed by atoms with Gasteiger partial charge in [-0.15, -0.1) is 0 Å². The molecular formula is C25H22ClN3O3. The van der Waals surface area contributed by atoms with Crippen LogP contribution in [-0.2, 0) is 17.8 Å². The summed E-state index contributed by atoms with van der Waals surface area (Å²) in [6, 6.07) is 15.5. The van der Waals surface area contributed by atoms with Crippen molar-refractivity contribution in [2.24, 2.45) is 0 Å². The number of carbonyl (C=O) groups is 1. The van der Waals surface area contributed by atoms with E-state index in [1.807, 2.05) is 53.0 Å². The van der Waals surface area contributed by atoms with Gasteiger partial charge in [-0.25, -0.2) is 9.50 Å². The highest BCUT2D eigenvalue weighted by molar-refractivity contribution is 6.30. The van der Waals surface area contributed by atoms with Gasteiger partial charge in [0.1, 0.15) is 5.75 Å². The highest BCUT2D eigenvalue weighted by Gasteiger charge is 2.30. The molecule has 1 aliphatic carbocycles. The number of halogens is 1. The summed E-state index contributed by atoms with van der Waals surface area (Å²) in [6.07, 6.45) is 2.79. The standard InChI is InChI=1S/C25H22ClN3O3/c1-31-14-21-24(15-6-8-19(32-2)9-7-15)25-27-13-20-22(29(25)28-21)11-17(12-23(20)30)16-4-3-5-18(26)10-16/h3-10,13,17H,11-12,14H2,1-2H3/t17-/m0/s1. The zero-order valence-electron chi connectivity index (χ0n) is 17.8. The minimum atomic E-state index is 0.0406. The third-order valence-corrected chi connectivity index (χ3v) is 6.20. The summed E-state index contributed by atoms with van der Waals surface area (Å²) in [7, 11) is 3.28. The lowest BCUT2D eigenvalue weighted by Gasteiger charge is -2.24. The molecule has 0 unspecified atom stereocenters. The van der Waals surface area contributed by atoms with Crippen molar-refractivity contribution in [2.45, 2.75) is 25.4 Å². The predicted octanol–water partition coefficient (Wildman–Crippen LogP) is 5.12. The van der Waals surface area contributed by atoms with Crippen molar-refractivity contribution >= 4 is 23.0 Å². The highest BCUT2D eigenvalue weighted by atomic mass is 35.5. The SMILES string of the molecule is COCc1nn2c3c(cnc2c1-c1ccc(OC)cc1)C(=O)C[C@@H](c1cccc(Cl)c1)C3. The first-order chi connectivity index (χ1) is 15.6. The van der Waals surface area contributed by atoms with Gasteiger partial charge < -0.3 is 9.47 Å². The quantitative estimate of drug-likeness (QED) is 0.425. The molecular weight excluding hydrogens is 426 g/mol. The van der Waals surface area contributed by atoms with Crippen molar-refractivity contribution in [3.63, 3.8) is 0 Å². The molecule has 5 rings (SSSR count). The van der Waals surface area contributed by atoms with Crippen LogP contribution in [0.25, 0.3) is 16.8 Å². The molecule has 1 aliphatic rings. The van der Waals surface area contributed by atoms with Gasteiger partial charge in [0, 0.05) is 24.8 Å². The lowest BCUT2D eigenvalue weighted by atomic mass is 9.82. The summed E-state index contributed by atoms with van der Waals surface area (Å²) in [5.74, 6) is 0.887. The number of fused-ring (bicyclic) bond motifs is 3. The average molecular weight is 448 g/mol. The van der Waals surface area contributed by atoms with Crippen LogP contribution in [0.15, 0.2) is 54.7 Å². The average Bonchev–Trinajstić information content (AvgIpc) is 3.18. The summed E-state index contributed by atoms with van der Waals surface area (Å²) in [6.45, 7) is 0.338. The first-order valence-corrected chi connectivity index (χ1v) is 10.8. The first-order valence-electron chi connectivity index (χ1n) is 10.4. The van der Waals surface area contributed by atoms with Crippen LogP contribution in [0.3, 0.4) is 0 Å². The molecule has 0 bridgehead atoms. The van der Waals surface area contributed by atoms with E-state index in [1.54, 1.807) is 20.4 Å². The molecule has 0 saturated heterocycles. The number of ketones is 1. The van der Waals surface area contributed by atoms with E-state index in [4.69, 9.17) is 26.2 Å². The summed E-state index contributed by atoms with van der Waals surface area (Å²) in [5, 5.41) is 5.50. The van der Waals surface area contributed by atoms with E-state index in [-0.39, 0.29) is 11.7 Å². The van der Waals surface area contributed by atoms with Gasteiger partial charge in [0.25, 0.3) is 0 Å². The van der Waals surface area contributed by atoms with Crippen LogP contribution in [0.4, 0.5) is 0 Å². The summed E-state index contributed by atoms with van der Waals surface area (Å²) < 4.78 is 12.5. The Morgan fingerprint density at radius 1 is 1.12 bits per heavy atom. The Morgan fingerprint density at radius 3 is 2.66 bits per heavy atom. The molecule has 32 heavy (non-hydrogen) atoms. The van der Waals surface area contributed by atoms with Crippen molar-refractivity contribution < 1.29 is 14.3 Å². The van der Waals surface area contributed by atoms with Crippen LogP contribution in [0.1, 0.15) is 39.6 Å². The van der Waals surface area contributed by atoms with Gasteiger partial charge in [-0.2, -0.15) is 5.10 Å². The summed E-state index contributed by atoms with van der Waals surface area (Å²) in [5.41, 5.74) is 5.90. The van der Waals surface area contributed by atoms with Crippen LogP contribution in [0.5, 0.6) is 5.75 Å². The molecule has 0 N–H and O–H groups in total. The highest BCUT2D eigenvalue weighted by Crippen LogP contribution is 2.36. The minimum absolute atomic E-state index is 0.0406. The lowest BCUT2D eigenvalue weighted by molar-refractivity contribution is 0.0962. The summed E-state index contributed by atoms with van der Waals surface area (Å²) >= 11 is 6.21. The fourth-order valence-corrected chi connectivity index (χ4v) is 4.63. The van der Waals surface area contributed by atoms with Crippen LogP contribution in [-0.4, -0.2) is 34.6 Å². The Labute approximate surface area is 190 Å². The molecule has 162 valence electrons. The number of methoxy groups -OCH3 is 2. The lowest BCUT2D eigenvalue weighted by Crippen LogP contribution is -2.22. The normalized spacial score (nSPS) is 15.7. The molecule has 0 amide bonds. The van der Waals surface area contributed by atoms with Gasteiger partial charge in [-0.05, 0) is 47.7 Å². The van der Waals surface area contributed by atoms with E-state index in [0.717, 1.165) is 33.8 Å². The van der Waals surface area contributed by atoms with E-state index in [1.165, 1.54) is 0 Å². The molecule has 0 saturated carbocycles. The molecule has 2 aromatic heterocycles. The van der Waals surface area contributed by atoms with Crippen LogP contribution in [0.2, 0.25) is 5.02 Å². The third kappa shape index (κ3) is 3.55. The van der Waals surface area contributed by atoms with Gasteiger partial charge >= 0.3 is 0 Å². The maximum atomic E-state index is 13.0. The first kappa shape index (κ1) is 20.7. The Hall–Kier alpha value is -3.22. The second-order valence-electron chi connectivity index (χ2n) is 7.92. The molecule has 2 heterocycles. The molecule has 4 aromatic rings. The van der Waals surface area contributed by atoms with Gasteiger partial charge in [0.15, 0.2) is 11.4 Å². The summed E-state index contributed by atoms with van der Waals surface area (Å²) in [4.78, 5) is 17.7. The van der Waals surface area contributed by atoms with E-state index in [0.29, 0.717) is 35.7 Å². The fourth-order valence-electron chi connectivity index (χ4n) is 4.43. The van der Waals surface area contributed by atoms with E-state index < -0.39 is 0 Å². The number of nitrogens with zero attached hydrogens (tertiary/aromatic N) is 3. The van der Waals surface area contributed by atoms with Crippen LogP contribution < -0.4 is 4.74 Å². The van der Waals surface area contributed by atoms with Gasteiger partial charge in [0.05, 0.1) is 36.2 Å². The van der Waals surface area contributed by atoms with Gasteiger partial charge in [-0.3, -0.25) is 4.79 Å². The maximum Gasteiger partial charge on any atom is 0.166 e. The molecule has 6 nitrogen and oxygen atoms in total. The van der Waals surface area contributed by atoms with Crippen molar-refractivity contribution in [1.82, 2.24) is 14.6 Å². The van der Waals surface area contributed by atoms with Crippen molar-refractivity contribution in [1.29, 1.82) is 0 Å². The Bertz CT molecular complexity index is 1310. The number of hydrogen-bond acceptors (Lipinski definition) is 5. The number of aromatic nitrogens is 3. The number of ether oxygens (including phenoxy) is 2. The van der Waals surface area contributed by atoms with Gasteiger partial charge in [-0.1, -0.05) is 35.9 Å². The van der Waals surface area contributed by atoms with E-state index in [9.17, 15) is 4.79 Å². The molecule has 0 fully saturated rings. The molecule has 2 aromatic carbocycles. The molecule has 0 radical (unpaired) electrons. The number of rotatable bonds is 5. The molecule has 1 atom stereocenters. The Balaban J connectivity index is 1.66. The zero-order valence-corrected chi connectivity index (χ0v) is 18.6. The van der Waals surface area contributed by atoms with Crippen molar-refractivity contribution in [2.75, 3.05) is 14.2 Å². The second kappa shape index (κ2) is 8.37. The van der Waals surface area contributed by atoms with Crippen molar-refractivity contribution in [3.8, 4) is 16.9 Å². The van der Waals surface area contributed by atoms with Gasteiger partial charge in [0.2, 0.25) is 0 Å². The minimum Gasteiger partial charge on any atom is -0.497 e. The number of benzene rings is 2. The molecule has 0 spiro atoms. The topological polar surface area (TPSA) is 65.7 Å². The van der Waals surface area contributed by atoms with E-state index >= 15 is 0 Å². The predicted molar refractivity (Wildman–Crippen MR) is 123 cm³/mol. The second-order valence-corrected chi connectivity index (χ2v) is 8.36. The van der Waals surface area contributed by atoms with Crippen LogP contribution >= 0.6 is 11.6 Å². The largest absolute Gasteiger partial charge is 0.497 e. The maximum absolute atomic E-state index is 13.0. The smallest absolute Gasteiger partial charge is 0.166 e. The zero-order chi connectivity index (χ0) is 22.2. The fraction of sp³-hybridized carbons (Fsp3) is 0.240. The third-order valence-electron chi connectivity index (χ3n) is 5.97. The number of Topliss-reactive ketones (excluding diaryl/α,β-unsaturated/α-hetero) is 1.